The van der Waals surface area contributed by atoms with Crippen molar-refractivity contribution in [3.8, 4) is 0 Å². The number of benzene rings is 1. The van der Waals surface area contributed by atoms with Gasteiger partial charge in [0.2, 0.25) is 11.6 Å². The van der Waals surface area contributed by atoms with Gasteiger partial charge in [-0.05, 0) is 142 Å². The van der Waals surface area contributed by atoms with E-state index in [4.69, 9.17) is 47.2 Å². The number of thiocarbonyl (C=S) groups is 1. The molecule has 4 aliphatic rings. The van der Waals surface area contributed by atoms with Crippen molar-refractivity contribution in [2.24, 2.45) is 34.0 Å². The number of cyclic esters (lactones) is 1. The minimum absolute atomic E-state index is 0.0600. The highest BCUT2D eigenvalue weighted by atomic mass is 32.2. The fourth-order valence-corrected chi connectivity index (χ4v) is 13.7. The fraction of sp³-hybridized carbons (Fsp3) is 0.754. The molecule has 9 atom stereocenters. The fourth-order valence-electron chi connectivity index (χ4n) is 12.3. The molecule has 1 saturated heterocycles. The van der Waals surface area contributed by atoms with Gasteiger partial charge in [0.25, 0.3) is 0 Å². The summed E-state index contributed by atoms with van der Waals surface area (Å²) in [5.41, 5.74) is -9.16. The smallest absolute Gasteiger partial charge is 0.347 e. The molecule has 0 bridgehead atoms. The van der Waals surface area contributed by atoms with Crippen LogP contribution >= 0.6 is 24.0 Å². The summed E-state index contributed by atoms with van der Waals surface area (Å²) in [5, 5.41) is -1.20. The zero-order valence-electron chi connectivity index (χ0n) is 45.2. The van der Waals surface area contributed by atoms with Gasteiger partial charge in [-0.3, -0.25) is 24.0 Å². The third-order valence-corrected chi connectivity index (χ3v) is 17.8. The molecular formula is C57H81F2NO12S2. The minimum Gasteiger partial charge on any atom is -0.465 e. The first-order chi connectivity index (χ1) is 34.7. The SMILES string of the molecule is [C-]#[N+]C(C)(CCC(=O)OCC1CC(C)CC1C)CC(C)(CC(C)(CC(C)(CC(SC(C)=S)C(=O)OC1CCOC1=O)C(=O)OC1(CC)CCCC1)C(=O)OC1(CC)CCCC1)C(=O)OCC(F)(F)c1ccccc1. The lowest BCUT2D eigenvalue weighted by Crippen LogP contribution is -2.50. The van der Waals surface area contributed by atoms with Crippen molar-refractivity contribution in [2.45, 2.75) is 218 Å². The molecule has 412 valence electrons. The van der Waals surface area contributed by atoms with Crippen LogP contribution in [0.5, 0.6) is 0 Å². The van der Waals surface area contributed by atoms with E-state index in [9.17, 15) is 14.4 Å². The summed E-state index contributed by atoms with van der Waals surface area (Å²) in [5.74, 6) is -7.20. The number of carbonyl (C=O) groups excluding carboxylic acids is 6. The molecule has 1 heterocycles. The van der Waals surface area contributed by atoms with Crippen LogP contribution in [0.2, 0.25) is 0 Å². The van der Waals surface area contributed by atoms with E-state index in [0.29, 0.717) is 54.6 Å². The van der Waals surface area contributed by atoms with Crippen LogP contribution in [0.4, 0.5) is 8.78 Å². The quantitative estimate of drug-likeness (QED) is 0.0373. The number of esters is 6. The summed E-state index contributed by atoms with van der Waals surface area (Å²) in [7, 11) is 0. The Morgan fingerprint density at radius 3 is 1.89 bits per heavy atom. The van der Waals surface area contributed by atoms with E-state index in [1.165, 1.54) is 31.2 Å². The molecule has 17 heteroatoms. The number of nitrogens with zero attached hydrogens (tertiary/aromatic N) is 1. The van der Waals surface area contributed by atoms with Crippen LogP contribution in [0.1, 0.15) is 190 Å². The molecule has 0 N–H and O–H groups in total. The Balaban J connectivity index is 1.60. The number of rotatable bonds is 26. The average Bonchev–Trinajstić information content (AvgIpc) is 4.18. The Morgan fingerprint density at radius 2 is 1.39 bits per heavy atom. The van der Waals surface area contributed by atoms with Crippen molar-refractivity contribution in [2.75, 3.05) is 19.8 Å². The number of carbonyl (C=O) groups is 6. The Bertz CT molecular complexity index is 2210. The lowest BCUT2D eigenvalue weighted by molar-refractivity contribution is -0.186. The second-order valence-electron chi connectivity index (χ2n) is 23.4. The predicted molar refractivity (Wildman–Crippen MR) is 281 cm³/mol. The average molecular weight is 1070 g/mol. The maximum Gasteiger partial charge on any atom is 0.347 e. The van der Waals surface area contributed by atoms with Gasteiger partial charge in [-0.1, -0.05) is 70.2 Å². The zero-order valence-corrected chi connectivity index (χ0v) is 46.9. The van der Waals surface area contributed by atoms with Crippen molar-refractivity contribution >= 4 is 64.0 Å². The minimum atomic E-state index is -3.63. The Morgan fingerprint density at radius 1 is 0.838 bits per heavy atom. The van der Waals surface area contributed by atoms with Gasteiger partial charge in [0.15, 0.2) is 6.61 Å². The van der Waals surface area contributed by atoms with E-state index in [2.05, 4.69) is 18.7 Å². The first-order valence-corrected chi connectivity index (χ1v) is 28.1. The Labute approximate surface area is 447 Å². The van der Waals surface area contributed by atoms with E-state index in [1.54, 1.807) is 33.8 Å². The molecule has 13 nitrogen and oxygen atoms in total. The molecule has 0 spiro atoms. The largest absolute Gasteiger partial charge is 0.465 e. The van der Waals surface area contributed by atoms with E-state index in [-0.39, 0.29) is 56.8 Å². The number of halogens is 2. The second kappa shape index (κ2) is 25.3. The van der Waals surface area contributed by atoms with Crippen molar-refractivity contribution in [1.29, 1.82) is 0 Å². The highest BCUT2D eigenvalue weighted by Crippen LogP contribution is 2.53. The second-order valence-corrected chi connectivity index (χ2v) is 25.7. The van der Waals surface area contributed by atoms with Crippen molar-refractivity contribution in [1.82, 2.24) is 0 Å². The highest BCUT2D eigenvalue weighted by Gasteiger charge is 2.58. The third kappa shape index (κ3) is 15.7. The zero-order chi connectivity index (χ0) is 54.8. The number of hydrogen-bond donors (Lipinski definition) is 0. The first kappa shape index (κ1) is 60.7. The van der Waals surface area contributed by atoms with Crippen LogP contribution in [0, 0.1) is 40.6 Å². The molecule has 74 heavy (non-hydrogen) atoms. The van der Waals surface area contributed by atoms with Crippen molar-refractivity contribution in [3.63, 3.8) is 0 Å². The number of alkyl halides is 2. The topological polar surface area (TPSA) is 162 Å². The van der Waals surface area contributed by atoms with Gasteiger partial charge >= 0.3 is 41.7 Å². The Hall–Kier alpha value is -4.17. The number of ether oxygens (including phenoxy) is 6. The molecule has 0 radical (unpaired) electrons. The van der Waals surface area contributed by atoms with E-state index < -0.39 is 106 Å². The van der Waals surface area contributed by atoms with Crippen LogP contribution in [-0.2, 0) is 63.1 Å². The lowest BCUT2D eigenvalue weighted by atomic mass is 9.61. The molecule has 4 fully saturated rings. The summed E-state index contributed by atoms with van der Waals surface area (Å²) < 4.78 is 67.4. The highest BCUT2D eigenvalue weighted by molar-refractivity contribution is 8.23. The Kier molecular flexibility index (Phi) is 20.8. The molecule has 1 aromatic rings. The van der Waals surface area contributed by atoms with E-state index >= 15 is 23.2 Å². The molecule has 0 amide bonds. The van der Waals surface area contributed by atoms with Crippen LogP contribution < -0.4 is 0 Å². The van der Waals surface area contributed by atoms with Crippen LogP contribution in [0.25, 0.3) is 4.85 Å². The van der Waals surface area contributed by atoms with Gasteiger partial charge in [0.1, 0.15) is 16.5 Å². The monoisotopic (exact) mass is 1070 g/mol. The molecule has 5 rings (SSSR count). The predicted octanol–water partition coefficient (Wildman–Crippen LogP) is 12.4. The maximum atomic E-state index is 15.9. The molecule has 9 unspecified atom stereocenters. The summed E-state index contributed by atoms with van der Waals surface area (Å²) in [6.45, 7) is 23.4. The molecule has 0 aromatic heterocycles. The number of thioether (sulfide) groups is 1. The van der Waals surface area contributed by atoms with Gasteiger partial charge in [-0.25, -0.2) is 11.4 Å². The summed E-state index contributed by atoms with van der Waals surface area (Å²) in [6, 6.07) is 6.90. The standard InChI is InChI=1S/C57H81F2NO12S2/c1-11-55(24-16-17-25-55)71-49(65)51(6,32-44(74-40(5)73)47(63)70-43-23-29-67-46(43)62)34-52(7,50(66)72-56(12-2)26-18-19-27-56)35-53(8,48(64)69-37-57(58,59)42-20-14-13-15-21-42)36-54(9,60-10)28-22-45(61)68-33-41-31-38(3)30-39(41)4/h13-15,20-21,38-39,41,43-44H,11-12,16-19,22-37H2,1-9H3. The van der Waals surface area contributed by atoms with Crippen LogP contribution in [0.15, 0.2) is 30.3 Å². The third-order valence-electron chi connectivity index (χ3n) is 16.6. The molecule has 3 aliphatic carbocycles. The van der Waals surface area contributed by atoms with Crippen LogP contribution in [0.3, 0.4) is 0 Å². The van der Waals surface area contributed by atoms with Gasteiger partial charge in [0, 0.05) is 35.9 Å². The van der Waals surface area contributed by atoms with E-state index in [1.807, 2.05) is 13.8 Å². The molecule has 3 saturated carbocycles. The summed E-state index contributed by atoms with van der Waals surface area (Å²) in [6.07, 6.45) is 5.59. The molecule has 1 aliphatic heterocycles. The molecular weight excluding hydrogens is 993 g/mol. The van der Waals surface area contributed by atoms with Gasteiger partial charge in [-0.15, -0.1) is 11.8 Å². The van der Waals surface area contributed by atoms with Gasteiger partial charge < -0.3 is 33.3 Å². The molecule has 1 aromatic carbocycles. The van der Waals surface area contributed by atoms with Gasteiger partial charge in [0.05, 0.1) is 35.9 Å². The summed E-state index contributed by atoms with van der Waals surface area (Å²) in [4.78, 5) is 90.0. The van der Waals surface area contributed by atoms with Crippen molar-refractivity contribution in [3.05, 3.63) is 47.3 Å². The van der Waals surface area contributed by atoms with Crippen LogP contribution in [-0.4, -0.2) is 87.9 Å². The summed E-state index contributed by atoms with van der Waals surface area (Å²) >= 11 is 6.47. The first-order valence-electron chi connectivity index (χ1n) is 26.8. The lowest BCUT2D eigenvalue weighted by Gasteiger charge is -2.44. The maximum absolute atomic E-state index is 15.9. The van der Waals surface area contributed by atoms with Crippen molar-refractivity contribution < 1.29 is 66.0 Å². The normalized spacial score (nSPS) is 24.9. The van der Waals surface area contributed by atoms with Gasteiger partial charge in [-0.2, -0.15) is 8.78 Å². The number of hydrogen-bond acceptors (Lipinski definition) is 14. The van der Waals surface area contributed by atoms with E-state index in [0.717, 1.165) is 50.3 Å².